The number of nitrogen functional groups attached to an aromatic ring is 1. The SMILES string of the molecule is COc1cccc(/C(C)=N/Nc2nnc(SCC(=O)Nc3nnc(SCc4ccc(Cl)cc4)s3)n2N)c1. The number of rotatable bonds is 11. The molecular weight excluding hydrogens is 554 g/mol. The molecule has 0 aliphatic heterocycles. The zero-order valence-corrected chi connectivity index (χ0v) is 22.9. The number of hydrazone groups is 1. The molecule has 0 atom stereocenters. The molecule has 0 aliphatic carbocycles. The van der Waals surface area contributed by atoms with Gasteiger partial charge in [-0.2, -0.15) is 5.10 Å². The quantitative estimate of drug-likeness (QED) is 0.0774. The topological polar surface area (TPSA) is 145 Å². The maximum absolute atomic E-state index is 12.4. The van der Waals surface area contributed by atoms with Crippen LogP contribution in [-0.2, 0) is 10.5 Å². The number of thioether (sulfide) groups is 2. The zero-order valence-electron chi connectivity index (χ0n) is 19.7. The van der Waals surface area contributed by atoms with Gasteiger partial charge in [0, 0.05) is 16.3 Å². The second-order valence-electron chi connectivity index (χ2n) is 7.34. The van der Waals surface area contributed by atoms with Crippen LogP contribution in [0.5, 0.6) is 5.75 Å². The number of hydrogen-bond acceptors (Lipinski definition) is 12. The number of ether oxygens (including phenoxy) is 1. The number of amides is 1. The van der Waals surface area contributed by atoms with Crippen LogP contribution in [0.3, 0.4) is 0 Å². The van der Waals surface area contributed by atoms with E-state index >= 15 is 0 Å². The number of halogens is 1. The Hall–Kier alpha value is -3.33. The number of anilines is 2. The van der Waals surface area contributed by atoms with Gasteiger partial charge in [0.25, 0.3) is 5.95 Å². The Morgan fingerprint density at radius 3 is 2.76 bits per heavy atom. The van der Waals surface area contributed by atoms with Gasteiger partial charge in [0.15, 0.2) is 4.34 Å². The average molecular weight is 576 g/mol. The van der Waals surface area contributed by atoms with Gasteiger partial charge >= 0.3 is 0 Å². The summed E-state index contributed by atoms with van der Waals surface area (Å²) in [5.74, 6) is 7.55. The van der Waals surface area contributed by atoms with Crippen molar-refractivity contribution in [1.82, 2.24) is 25.1 Å². The van der Waals surface area contributed by atoms with Crippen LogP contribution in [0.1, 0.15) is 18.1 Å². The number of aromatic nitrogens is 5. The molecule has 0 fully saturated rings. The Morgan fingerprint density at radius 1 is 1.16 bits per heavy atom. The van der Waals surface area contributed by atoms with E-state index in [0.717, 1.165) is 38.7 Å². The zero-order chi connectivity index (χ0) is 26.2. The van der Waals surface area contributed by atoms with Crippen LogP contribution >= 0.6 is 46.5 Å². The van der Waals surface area contributed by atoms with Crippen LogP contribution < -0.4 is 21.3 Å². The van der Waals surface area contributed by atoms with Crippen molar-refractivity contribution in [2.45, 2.75) is 22.2 Å². The van der Waals surface area contributed by atoms with E-state index in [1.54, 1.807) is 7.11 Å². The van der Waals surface area contributed by atoms with Crippen LogP contribution in [0, 0.1) is 0 Å². The number of nitrogens with zero attached hydrogens (tertiary/aromatic N) is 6. The van der Waals surface area contributed by atoms with Gasteiger partial charge in [-0.1, -0.05) is 70.7 Å². The highest BCUT2D eigenvalue weighted by molar-refractivity contribution is 8.00. The first-order valence-electron chi connectivity index (χ1n) is 10.7. The van der Waals surface area contributed by atoms with Crippen LogP contribution in [0.25, 0.3) is 0 Å². The summed E-state index contributed by atoms with van der Waals surface area (Å²) in [6, 6.07) is 15.1. The van der Waals surface area contributed by atoms with E-state index in [0.29, 0.717) is 21.0 Å². The Labute approximate surface area is 230 Å². The lowest BCUT2D eigenvalue weighted by molar-refractivity contribution is -0.113. The fourth-order valence-electron chi connectivity index (χ4n) is 2.83. The molecule has 0 saturated heterocycles. The lowest BCUT2D eigenvalue weighted by atomic mass is 10.1. The summed E-state index contributed by atoms with van der Waals surface area (Å²) in [6.45, 7) is 1.84. The molecule has 0 aliphatic rings. The van der Waals surface area contributed by atoms with E-state index in [-0.39, 0.29) is 17.6 Å². The molecule has 0 saturated carbocycles. The van der Waals surface area contributed by atoms with Gasteiger partial charge in [-0.05, 0) is 36.8 Å². The second kappa shape index (κ2) is 12.8. The smallest absolute Gasteiger partial charge is 0.264 e. The maximum Gasteiger partial charge on any atom is 0.264 e. The number of nitrogens with one attached hydrogen (secondary N) is 2. The fraction of sp³-hybridized carbons (Fsp3) is 0.182. The minimum absolute atomic E-state index is 0.0638. The van der Waals surface area contributed by atoms with Crippen LogP contribution in [0.2, 0.25) is 5.02 Å². The van der Waals surface area contributed by atoms with Gasteiger partial charge in [-0.3, -0.25) is 10.1 Å². The van der Waals surface area contributed by atoms with Gasteiger partial charge in [-0.25, -0.2) is 10.1 Å². The van der Waals surface area contributed by atoms with Gasteiger partial charge in [0.05, 0.1) is 18.6 Å². The summed E-state index contributed by atoms with van der Waals surface area (Å²) in [6.07, 6.45) is 0. The second-order valence-corrected chi connectivity index (χ2v) is 10.9. The minimum atomic E-state index is -0.264. The largest absolute Gasteiger partial charge is 0.497 e. The Morgan fingerprint density at radius 2 is 1.97 bits per heavy atom. The van der Waals surface area contributed by atoms with Crippen molar-refractivity contribution in [3.8, 4) is 5.75 Å². The summed E-state index contributed by atoms with van der Waals surface area (Å²) < 4.78 is 7.22. The molecule has 0 spiro atoms. The summed E-state index contributed by atoms with van der Waals surface area (Å²) in [7, 11) is 1.61. The molecular formula is C22H22ClN9O2S3. The number of carbonyl (C=O) groups is 1. The standard InChI is InChI=1S/C22H22ClN9O2S3/c1-13(15-4-3-5-17(10-15)34-2)26-27-19-28-30-21(32(19)24)35-12-18(33)25-20-29-31-22(37-20)36-11-14-6-8-16(23)9-7-14/h3-10H,11-12,24H2,1-2H3,(H,27,28)(H,25,29,33)/b26-13+. The van der Waals surface area contributed by atoms with Crippen LogP contribution in [-0.4, -0.2) is 49.6 Å². The first-order chi connectivity index (χ1) is 17.9. The molecule has 192 valence electrons. The van der Waals surface area contributed by atoms with Crippen molar-refractivity contribution >= 4 is 69.2 Å². The summed E-state index contributed by atoms with van der Waals surface area (Å²) in [5.41, 5.74) is 5.50. The molecule has 0 radical (unpaired) electrons. The number of hydrogen-bond donors (Lipinski definition) is 3. The van der Waals surface area contributed by atoms with Crippen molar-refractivity contribution in [3.63, 3.8) is 0 Å². The number of benzene rings is 2. The highest BCUT2D eigenvalue weighted by atomic mass is 35.5. The van der Waals surface area contributed by atoms with E-state index in [4.69, 9.17) is 22.2 Å². The van der Waals surface area contributed by atoms with E-state index in [2.05, 4.69) is 36.2 Å². The van der Waals surface area contributed by atoms with Crippen LogP contribution in [0.4, 0.5) is 11.1 Å². The normalized spacial score (nSPS) is 11.4. The third kappa shape index (κ3) is 7.58. The highest BCUT2D eigenvalue weighted by Gasteiger charge is 2.14. The molecule has 15 heteroatoms. The molecule has 1 amide bonds. The minimum Gasteiger partial charge on any atom is -0.497 e. The number of methoxy groups -OCH3 is 1. The molecule has 2 aromatic heterocycles. The van der Waals surface area contributed by atoms with Crippen molar-refractivity contribution in [2.24, 2.45) is 5.10 Å². The first-order valence-corrected chi connectivity index (χ1v) is 13.9. The maximum atomic E-state index is 12.4. The first kappa shape index (κ1) is 26.7. The van der Waals surface area contributed by atoms with Gasteiger partial charge < -0.3 is 10.6 Å². The highest BCUT2D eigenvalue weighted by Crippen LogP contribution is 2.29. The van der Waals surface area contributed by atoms with Crippen molar-refractivity contribution < 1.29 is 9.53 Å². The Bertz CT molecular complexity index is 1390. The van der Waals surface area contributed by atoms with Crippen molar-refractivity contribution in [3.05, 3.63) is 64.7 Å². The predicted octanol–water partition coefficient (Wildman–Crippen LogP) is 4.36. The van der Waals surface area contributed by atoms with Crippen LogP contribution in [0.15, 0.2) is 63.1 Å². The fourth-order valence-corrected chi connectivity index (χ4v) is 5.33. The third-order valence-corrected chi connectivity index (χ3v) is 7.97. The van der Waals surface area contributed by atoms with Gasteiger partial charge in [0.1, 0.15) is 5.75 Å². The van der Waals surface area contributed by atoms with E-state index in [1.165, 1.54) is 27.8 Å². The molecule has 4 rings (SSSR count). The predicted molar refractivity (Wildman–Crippen MR) is 149 cm³/mol. The average Bonchev–Trinajstić information content (AvgIpc) is 3.51. The molecule has 0 bridgehead atoms. The van der Waals surface area contributed by atoms with E-state index < -0.39 is 0 Å². The molecule has 0 unspecified atom stereocenters. The van der Waals surface area contributed by atoms with E-state index in [9.17, 15) is 4.79 Å². The monoisotopic (exact) mass is 575 g/mol. The molecule has 2 aromatic carbocycles. The lowest BCUT2D eigenvalue weighted by Gasteiger charge is -2.06. The summed E-state index contributed by atoms with van der Waals surface area (Å²) in [4.78, 5) is 12.4. The molecule has 4 aromatic rings. The van der Waals surface area contributed by atoms with Gasteiger partial charge in [0.2, 0.25) is 16.2 Å². The third-order valence-electron chi connectivity index (χ3n) is 4.74. The Kier molecular flexibility index (Phi) is 9.22. The molecule has 37 heavy (non-hydrogen) atoms. The van der Waals surface area contributed by atoms with Gasteiger partial charge in [-0.15, -0.1) is 20.4 Å². The summed E-state index contributed by atoms with van der Waals surface area (Å²) >= 11 is 9.89. The Balaban J connectivity index is 1.25. The summed E-state index contributed by atoms with van der Waals surface area (Å²) in [5, 5.41) is 24.7. The van der Waals surface area contributed by atoms with Crippen molar-refractivity contribution in [1.29, 1.82) is 0 Å². The van der Waals surface area contributed by atoms with E-state index in [1.807, 2.05) is 55.5 Å². The molecule has 11 nitrogen and oxygen atoms in total. The number of carbonyl (C=O) groups excluding carboxylic acids is 1. The lowest BCUT2D eigenvalue weighted by Crippen LogP contribution is -2.17. The molecule has 4 N–H and O–H groups in total. The van der Waals surface area contributed by atoms with Crippen molar-refractivity contribution in [2.75, 3.05) is 29.4 Å². The molecule has 2 heterocycles. The number of nitrogens with two attached hydrogens (primary N) is 1.